The predicted octanol–water partition coefficient (Wildman–Crippen LogP) is 20.2. The Bertz CT molecular complexity index is 5860. The lowest BCUT2D eigenvalue weighted by molar-refractivity contribution is 0.671. The van der Waals surface area contributed by atoms with Crippen LogP contribution in [0.25, 0.3) is 165 Å². The minimum Gasteiger partial charge on any atom is -0.454 e. The summed E-state index contributed by atoms with van der Waals surface area (Å²) in [5.74, 6) is 0. The van der Waals surface area contributed by atoms with E-state index < -0.39 is 0 Å². The fourth-order valence-corrected chi connectivity index (χ4v) is 14.5. The van der Waals surface area contributed by atoms with Gasteiger partial charge in [-0.05, 0) is 87.6 Å². The predicted molar refractivity (Wildman–Crippen MR) is 349 cm³/mol. The van der Waals surface area contributed by atoms with Gasteiger partial charge in [0.2, 0.25) is 0 Å². The van der Waals surface area contributed by atoms with Gasteiger partial charge in [0.05, 0.1) is 66.9 Å². The molecule has 0 unspecified atom stereocenters. The highest BCUT2D eigenvalue weighted by Crippen LogP contribution is 2.52. The number of aromatic nitrogens is 4. The molecule has 0 bridgehead atoms. The summed E-state index contributed by atoms with van der Waals surface area (Å²) in [6.07, 6.45) is 0. The molecule has 18 rings (SSSR count). The highest BCUT2D eigenvalue weighted by atomic mass is 16.3. The van der Waals surface area contributed by atoms with Crippen LogP contribution in [0.3, 0.4) is 0 Å². The number of nitrogens with zero attached hydrogens (tertiary/aromatic N) is 6. The Morgan fingerprint density at radius 2 is 0.600 bits per heavy atom. The number of hydrogen-bond acceptors (Lipinski definition) is 3. The number of furan rings is 1. The van der Waals surface area contributed by atoms with Crippen LogP contribution in [0.2, 0.25) is 0 Å². The summed E-state index contributed by atoms with van der Waals surface area (Å²) in [5.41, 5.74) is 15.7. The van der Waals surface area contributed by atoms with E-state index in [0.29, 0.717) is 39.5 Å². The van der Waals surface area contributed by atoms with Gasteiger partial charge in [0, 0.05) is 53.9 Å². The van der Waals surface area contributed by atoms with Crippen LogP contribution in [0.1, 0.15) is 11.1 Å². The Kier molecular flexibility index (Phi) is 9.80. The minimum absolute atomic E-state index is 0.368. The normalized spacial score (nSPS) is 12.0. The van der Waals surface area contributed by atoms with Crippen molar-refractivity contribution in [2.45, 2.75) is 0 Å². The molecule has 0 saturated heterocycles. The first kappa shape index (κ1) is 46.8. The standard InChI is InChI=1S/C78H44N6O/c79-45-62-73(81-64-35-12-5-26-52(64)53-27-6-13-36-65(53)81)74(82-66-37-14-7-28-54(66)55-29-8-15-38-67(55)82)63(46-80)76(75(62)83-68-39-16-9-30-56(68)57-31-10-17-40-69(57)83)84-70-41-20-34-59(51-25-4-3-24-50(51)49-33-19-22-47-21-1-2-23-48(47)49)72(70)61-44-43-60-58-32-11-18-42-71(58)85-78(60)77(61)84/h1-44H. The molecular formula is C78H44N6O. The third-order valence-corrected chi connectivity index (χ3v) is 17.8. The second kappa shape index (κ2) is 17.8. The summed E-state index contributed by atoms with van der Waals surface area (Å²) in [5, 5.41) is 38.3. The first-order chi connectivity index (χ1) is 42.2. The third kappa shape index (κ3) is 6.36. The Balaban J connectivity index is 1.13. The molecule has 0 atom stereocenters. The molecule has 85 heavy (non-hydrogen) atoms. The molecule has 7 nitrogen and oxygen atoms in total. The Labute approximate surface area is 485 Å². The van der Waals surface area contributed by atoms with Crippen LogP contribution in [-0.4, -0.2) is 18.3 Å². The zero-order valence-electron chi connectivity index (χ0n) is 45.5. The fraction of sp³-hybridized carbons (Fsp3) is 0. The van der Waals surface area contributed by atoms with E-state index in [9.17, 15) is 10.5 Å². The molecule has 0 amide bonds. The van der Waals surface area contributed by atoms with Crippen LogP contribution in [0.5, 0.6) is 0 Å². The van der Waals surface area contributed by atoms with E-state index in [4.69, 9.17) is 4.42 Å². The van der Waals surface area contributed by atoms with Crippen molar-refractivity contribution in [3.05, 3.63) is 278 Å². The first-order valence-corrected chi connectivity index (χ1v) is 28.6. The van der Waals surface area contributed by atoms with Gasteiger partial charge in [0.1, 0.15) is 28.8 Å². The number of benzene rings is 13. The Morgan fingerprint density at radius 3 is 1.09 bits per heavy atom. The van der Waals surface area contributed by atoms with Gasteiger partial charge in [-0.1, -0.05) is 212 Å². The highest BCUT2D eigenvalue weighted by Gasteiger charge is 2.35. The first-order valence-electron chi connectivity index (χ1n) is 28.6. The van der Waals surface area contributed by atoms with Crippen molar-refractivity contribution in [3.8, 4) is 57.1 Å². The molecule has 0 aliphatic rings. The van der Waals surface area contributed by atoms with Crippen molar-refractivity contribution in [3.63, 3.8) is 0 Å². The van der Waals surface area contributed by atoms with Crippen LogP contribution < -0.4 is 0 Å². The maximum atomic E-state index is 13.1. The fourth-order valence-electron chi connectivity index (χ4n) is 14.5. The van der Waals surface area contributed by atoms with Crippen LogP contribution in [-0.2, 0) is 0 Å². The molecule has 0 aliphatic heterocycles. The van der Waals surface area contributed by atoms with E-state index in [1.807, 2.05) is 12.1 Å². The molecule has 0 radical (unpaired) electrons. The molecular weight excluding hydrogens is 1040 g/mol. The number of para-hydroxylation sites is 7. The molecule has 392 valence electrons. The molecule has 13 aromatic carbocycles. The van der Waals surface area contributed by atoms with Gasteiger partial charge < -0.3 is 22.7 Å². The van der Waals surface area contributed by atoms with Crippen molar-refractivity contribution in [1.82, 2.24) is 18.3 Å². The molecule has 5 aromatic heterocycles. The zero-order chi connectivity index (χ0) is 56.0. The van der Waals surface area contributed by atoms with Crippen molar-refractivity contribution >= 4 is 120 Å². The van der Waals surface area contributed by atoms with Gasteiger partial charge >= 0.3 is 0 Å². The van der Waals surface area contributed by atoms with Crippen molar-refractivity contribution in [2.75, 3.05) is 0 Å². The van der Waals surface area contributed by atoms with Crippen LogP contribution in [0.4, 0.5) is 0 Å². The number of nitriles is 2. The Morgan fingerprint density at radius 1 is 0.259 bits per heavy atom. The van der Waals surface area contributed by atoms with E-state index in [0.717, 1.165) is 137 Å². The minimum atomic E-state index is 0.368. The van der Waals surface area contributed by atoms with E-state index in [-0.39, 0.29) is 0 Å². The number of fused-ring (bicyclic) bond motifs is 17. The SMILES string of the molecule is N#Cc1c(-n2c3ccccc3c3ccccc32)c(-n2c3ccccc3c3ccccc32)c(C#N)c(-n2c3cccc(-c4ccccc4-c4cccc5ccccc45)c3c3ccc4c5ccccc5oc4c32)c1-n1c2ccccc2c2ccccc21. The van der Waals surface area contributed by atoms with E-state index in [2.05, 4.69) is 285 Å². The Hall–Kier alpha value is -11.9. The van der Waals surface area contributed by atoms with Crippen LogP contribution in [0.15, 0.2) is 271 Å². The summed E-state index contributed by atoms with van der Waals surface area (Å²) in [4.78, 5) is 0. The molecule has 0 fully saturated rings. The van der Waals surface area contributed by atoms with Crippen molar-refractivity contribution < 1.29 is 4.42 Å². The maximum absolute atomic E-state index is 13.1. The van der Waals surface area contributed by atoms with Gasteiger partial charge in [-0.2, -0.15) is 10.5 Å². The van der Waals surface area contributed by atoms with Crippen molar-refractivity contribution in [1.29, 1.82) is 10.5 Å². The van der Waals surface area contributed by atoms with Gasteiger partial charge in [-0.15, -0.1) is 0 Å². The zero-order valence-corrected chi connectivity index (χ0v) is 45.5. The molecule has 5 heterocycles. The smallest absolute Gasteiger partial charge is 0.160 e. The molecule has 7 heteroatoms. The van der Waals surface area contributed by atoms with E-state index in [1.165, 1.54) is 0 Å². The second-order valence-electron chi connectivity index (χ2n) is 22.0. The van der Waals surface area contributed by atoms with E-state index in [1.54, 1.807) is 0 Å². The molecule has 0 N–H and O–H groups in total. The summed E-state index contributed by atoms with van der Waals surface area (Å²) >= 11 is 0. The van der Waals surface area contributed by atoms with Gasteiger partial charge in [-0.25, -0.2) is 0 Å². The highest BCUT2D eigenvalue weighted by molar-refractivity contribution is 6.26. The summed E-state index contributed by atoms with van der Waals surface area (Å²) < 4.78 is 16.3. The molecule has 18 aromatic rings. The van der Waals surface area contributed by atoms with Crippen LogP contribution >= 0.6 is 0 Å². The average Bonchev–Trinajstić information content (AvgIpc) is 1.75. The van der Waals surface area contributed by atoms with Crippen LogP contribution in [0, 0.1) is 22.7 Å². The molecule has 0 aliphatic carbocycles. The van der Waals surface area contributed by atoms with Gasteiger partial charge in [0.15, 0.2) is 5.58 Å². The molecule has 0 spiro atoms. The largest absolute Gasteiger partial charge is 0.454 e. The number of hydrogen-bond donors (Lipinski definition) is 0. The number of rotatable bonds is 6. The molecule has 0 saturated carbocycles. The third-order valence-electron chi connectivity index (χ3n) is 17.8. The van der Waals surface area contributed by atoms with Gasteiger partial charge in [-0.3, -0.25) is 0 Å². The van der Waals surface area contributed by atoms with Crippen molar-refractivity contribution in [2.24, 2.45) is 0 Å². The van der Waals surface area contributed by atoms with E-state index >= 15 is 0 Å². The maximum Gasteiger partial charge on any atom is 0.160 e. The average molecular weight is 1080 g/mol. The monoisotopic (exact) mass is 1080 g/mol. The summed E-state index contributed by atoms with van der Waals surface area (Å²) in [6.45, 7) is 0. The second-order valence-corrected chi connectivity index (χ2v) is 22.0. The lowest BCUT2D eigenvalue weighted by Crippen LogP contribution is -2.16. The lowest BCUT2D eigenvalue weighted by atomic mass is 9.89. The topological polar surface area (TPSA) is 80.4 Å². The summed E-state index contributed by atoms with van der Waals surface area (Å²) in [7, 11) is 0. The lowest BCUT2D eigenvalue weighted by Gasteiger charge is -2.27. The quantitative estimate of drug-likeness (QED) is 0.166. The van der Waals surface area contributed by atoms with Gasteiger partial charge in [0.25, 0.3) is 0 Å². The summed E-state index contributed by atoms with van der Waals surface area (Å²) in [6, 6.07) is 99.5.